The number of aromatic nitrogens is 1. The molecule has 140 valence electrons. The number of benzene rings is 3. The molecule has 0 saturated carbocycles. The van der Waals surface area contributed by atoms with Gasteiger partial charge in [-0.3, -0.25) is 10.1 Å². The summed E-state index contributed by atoms with van der Waals surface area (Å²) in [6.45, 7) is 3.96. The number of ether oxygens (including phenoxy) is 1. The summed E-state index contributed by atoms with van der Waals surface area (Å²) in [5.74, 6) is 0.505. The largest absolute Gasteiger partial charge is 0.483 e. The molecule has 0 aliphatic heterocycles. The first-order chi connectivity index (χ1) is 13.6. The van der Waals surface area contributed by atoms with Crippen LogP contribution in [0.5, 0.6) is 5.75 Å². The van der Waals surface area contributed by atoms with Gasteiger partial charge in [-0.1, -0.05) is 54.6 Å². The molecule has 28 heavy (non-hydrogen) atoms. The molecule has 0 atom stereocenters. The number of aryl methyl sites for hydroxylation is 1. The van der Waals surface area contributed by atoms with E-state index in [-0.39, 0.29) is 12.5 Å². The highest BCUT2D eigenvalue weighted by Crippen LogP contribution is 2.31. The second kappa shape index (κ2) is 7.82. The van der Waals surface area contributed by atoms with Gasteiger partial charge < -0.3 is 4.74 Å². The summed E-state index contributed by atoms with van der Waals surface area (Å²) in [5, 5.41) is 7.67. The zero-order chi connectivity index (χ0) is 19.5. The van der Waals surface area contributed by atoms with E-state index in [1.165, 1.54) is 16.7 Å². The van der Waals surface area contributed by atoms with Gasteiger partial charge in [0.15, 0.2) is 11.7 Å². The molecule has 0 saturated heterocycles. The van der Waals surface area contributed by atoms with E-state index in [1.54, 1.807) is 0 Å². The van der Waals surface area contributed by atoms with E-state index in [1.807, 2.05) is 61.7 Å². The molecule has 1 N–H and O–H groups in total. The number of fused-ring (bicyclic) bond motifs is 1. The highest BCUT2D eigenvalue weighted by molar-refractivity contribution is 7.14. The summed E-state index contributed by atoms with van der Waals surface area (Å²) < 4.78 is 5.67. The van der Waals surface area contributed by atoms with E-state index in [2.05, 4.69) is 28.5 Å². The first-order valence-electron chi connectivity index (χ1n) is 9.04. The fourth-order valence-electron chi connectivity index (χ4n) is 3.08. The van der Waals surface area contributed by atoms with Crippen molar-refractivity contribution in [3.05, 3.63) is 77.2 Å². The maximum atomic E-state index is 12.3. The van der Waals surface area contributed by atoms with E-state index >= 15 is 0 Å². The van der Waals surface area contributed by atoms with Gasteiger partial charge in [0.2, 0.25) is 0 Å². The van der Waals surface area contributed by atoms with E-state index in [0.29, 0.717) is 5.13 Å². The minimum absolute atomic E-state index is 0.0481. The lowest BCUT2D eigenvalue weighted by atomic mass is 10.0. The zero-order valence-corrected chi connectivity index (χ0v) is 16.5. The second-order valence-electron chi connectivity index (χ2n) is 6.60. The zero-order valence-electron chi connectivity index (χ0n) is 15.7. The van der Waals surface area contributed by atoms with E-state index < -0.39 is 0 Å². The van der Waals surface area contributed by atoms with Gasteiger partial charge in [0, 0.05) is 10.9 Å². The standard InChI is InChI=1S/C23H20N2O2S/c1-15-7-5-12-21(16(15)2)27-13-22(26)25-23-24-20(14-28-23)19-11-6-9-17-8-3-4-10-18(17)19/h3-12,14H,13H2,1-2H3,(H,24,25,26). The summed E-state index contributed by atoms with van der Waals surface area (Å²) in [6.07, 6.45) is 0. The van der Waals surface area contributed by atoms with Crippen LogP contribution in [0, 0.1) is 13.8 Å². The van der Waals surface area contributed by atoms with Crippen LogP contribution in [0.3, 0.4) is 0 Å². The Balaban J connectivity index is 1.46. The minimum atomic E-state index is -0.222. The van der Waals surface area contributed by atoms with Crippen LogP contribution in [-0.2, 0) is 4.79 Å². The Morgan fingerprint density at radius 2 is 1.82 bits per heavy atom. The normalized spacial score (nSPS) is 10.8. The van der Waals surface area contributed by atoms with Crippen molar-refractivity contribution in [1.29, 1.82) is 0 Å². The Morgan fingerprint density at radius 1 is 1.04 bits per heavy atom. The van der Waals surface area contributed by atoms with Gasteiger partial charge in [-0.05, 0) is 41.8 Å². The van der Waals surface area contributed by atoms with Crippen molar-refractivity contribution in [2.45, 2.75) is 13.8 Å². The van der Waals surface area contributed by atoms with E-state index in [0.717, 1.165) is 33.5 Å². The number of nitrogens with one attached hydrogen (secondary N) is 1. The van der Waals surface area contributed by atoms with Gasteiger partial charge in [-0.25, -0.2) is 4.98 Å². The third kappa shape index (κ3) is 3.75. The molecule has 0 fully saturated rings. The lowest BCUT2D eigenvalue weighted by Crippen LogP contribution is -2.20. The third-order valence-electron chi connectivity index (χ3n) is 4.73. The summed E-state index contributed by atoms with van der Waals surface area (Å²) in [5.41, 5.74) is 4.09. The molecular weight excluding hydrogens is 368 g/mol. The molecule has 5 heteroatoms. The van der Waals surface area contributed by atoms with Crippen LogP contribution >= 0.6 is 11.3 Å². The van der Waals surface area contributed by atoms with Crippen molar-refractivity contribution in [2.75, 3.05) is 11.9 Å². The van der Waals surface area contributed by atoms with Gasteiger partial charge in [0.25, 0.3) is 5.91 Å². The predicted molar refractivity (Wildman–Crippen MR) is 115 cm³/mol. The van der Waals surface area contributed by atoms with Crippen molar-refractivity contribution in [3.8, 4) is 17.0 Å². The second-order valence-corrected chi connectivity index (χ2v) is 7.46. The van der Waals surface area contributed by atoms with Crippen LogP contribution in [0.25, 0.3) is 22.0 Å². The van der Waals surface area contributed by atoms with Crippen LogP contribution in [-0.4, -0.2) is 17.5 Å². The summed E-state index contributed by atoms with van der Waals surface area (Å²) in [7, 11) is 0. The monoisotopic (exact) mass is 388 g/mol. The molecule has 0 spiro atoms. The topological polar surface area (TPSA) is 51.2 Å². The average molecular weight is 388 g/mol. The highest BCUT2D eigenvalue weighted by Gasteiger charge is 2.11. The quantitative estimate of drug-likeness (QED) is 0.484. The van der Waals surface area contributed by atoms with Crippen molar-refractivity contribution in [3.63, 3.8) is 0 Å². The van der Waals surface area contributed by atoms with E-state index in [4.69, 9.17) is 4.74 Å². The lowest BCUT2D eigenvalue weighted by molar-refractivity contribution is -0.118. The smallest absolute Gasteiger partial charge is 0.264 e. The predicted octanol–water partition coefficient (Wildman–Crippen LogP) is 5.60. The Bertz CT molecular complexity index is 1150. The molecule has 0 aliphatic rings. The highest BCUT2D eigenvalue weighted by atomic mass is 32.1. The third-order valence-corrected chi connectivity index (χ3v) is 5.49. The lowest BCUT2D eigenvalue weighted by Gasteiger charge is -2.10. The van der Waals surface area contributed by atoms with Crippen molar-refractivity contribution < 1.29 is 9.53 Å². The number of carbonyl (C=O) groups excluding carboxylic acids is 1. The van der Waals surface area contributed by atoms with Crippen LogP contribution in [0.4, 0.5) is 5.13 Å². The van der Waals surface area contributed by atoms with Gasteiger partial charge >= 0.3 is 0 Å². The van der Waals surface area contributed by atoms with Gasteiger partial charge in [-0.2, -0.15) is 0 Å². The fourth-order valence-corrected chi connectivity index (χ4v) is 3.81. The number of amides is 1. The molecule has 4 nitrogen and oxygen atoms in total. The Hall–Kier alpha value is -3.18. The maximum Gasteiger partial charge on any atom is 0.264 e. The van der Waals surface area contributed by atoms with Crippen LogP contribution in [0.1, 0.15) is 11.1 Å². The average Bonchev–Trinajstić information content (AvgIpc) is 3.17. The number of thiazole rings is 1. The molecule has 1 aromatic heterocycles. The molecule has 0 radical (unpaired) electrons. The number of rotatable bonds is 5. The van der Waals surface area contributed by atoms with Crippen LogP contribution < -0.4 is 10.1 Å². The van der Waals surface area contributed by atoms with E-state index in [9.17, 15) is 4.79 Å². The van der Waals surface area contributed by atoms with Crippen molar-refractivity contribution in [1.82, 2.24) is 4.98 Å². The van der Waals surface area contributed by atoms with Gasteiger partial charge in [0.05, 0.1) is 5.69 Å². The number of anilines is 1. The number of hydrogen-bond donors (Lipinski definition) is 1. The molecule has 0 bridgehead atoms. The van der Waals surface area contributed by atoms with Gasteiger partial charge in [-0.15, -0.1) is 11.3 Å². The summed E-state index contributed by atoms with van der Waals surface area (Å²) in [6, 6.07) is 20.2. The molecule has 3 aromatic carbocycles. The van der Waals surface area contributed by atoms with Crippen molar-refractivity contribution >= 4 is 33.1 Å². The summed E-state index contributed by atoms with van der Waals surface area (Å²) in [4.78, 5) is 16.9. The Kier molecular flexibility index (Phi) is 5.08. The number of nitrogens with zero attached hydrogens (tertiary/aromatic N) is 1. The fraction of sp³-hybridized carbons (Fsp3) is 0.130. The number of carbonyl (C=O) groups is 1. The first kappa shape index (κ1) is 18.2. The molecule has 0 unspecified atom stereocenters. The van der Waals surface area contributed by atoms with Gasteiger partial charge in [0.1, 0.15) is 5.75 Å². The molecule has 1 amide bonds. The first-order valence-corrected chi connectivity index (χ1v) is 9.92. The summed E-state index contributed by atoms with van der Waals surface area (Å²) >= 11 is 1.41. The minimum Gasteiger partial charge on any atom is -0.483 e. The maximum absolute atomic E-state index is 12.3. The molecule has 0 aliphatic carbocycles. The van der Waals surface area contributed by atoms with Crippen molar-refractivity contribution in [2.24, 2.45) is 0 Å². The van der Waals surface area contributed by atoms with Crippen LogP contribution in [0.2, 0.25) is 0 Å². The molecule has 4 rings (SSSR count). The Morgan fingerprint density at radius 3 is 2.71 bits per heavy atom. The number of hydrogen-bond acceptors (Lipinski definition) is 4. The molecule has 1 heterocycles. The molecular formula is C23H20N2O2S. The Labute approximate surface area is 167 Å². The van der Waals surface area contributed by atoms with Crippen LogP contribution in [0.15, 0.2) is 66.0 Å². The molecule has 4 aromatic rings. The SMILES string of the molecule is Cc1cccc(OCC(=O)Nc2nc(-c3cccc4ccccc34)cs2)c1C.